The Bertz CT molecular complexity index is 1490. The summed E-state index contributed by atoms with van der Waals surface area (Å²) >= 11 is 0. The molecule has 218 valence electrons. The van der Waals surface area contributed by atoms with E-state index < -0.39 is 45.8 Å². The van der Waals surface area contributed by atoms with Gasteiger partial charge in [-0.05, 0) is 55.5 Å². The second-order valence-corrected chi connectivity index (χ2v) is 12.0. The van der Waals surface area contributed by atoms with Gasteiger partial charge in [-0.3, -0.25) is 4.79 Å². The van der Waals surface area contributed by atoms with E-state index in [-0.39, 0.29) is 41.6 Å². The largest absolute Gasteiger partial charge is 0.486 e. The number of benzene rings is 3. The average Bonchev–Trinajstić information content (AvgIpc) is 2.95. The molecule has 0 fully saturated rings. The number of para-hydroxylation sites is 2. The van der Waals surface area contributed by atoms with Crippen LogP contribution in [-0.4, -0.2) is 73.6 Å². The van der Waals surface area contributed by atoms with Gasteiger partial charge in [-0.1, -0.05) is 31.2 Å². The first-order valence-corrected chi connectivity index (χ1v) is 14.5. The number of sulfonamides is 1. The highest BCUT2D eigenvalue weighted by molar-refractivity contribution is 7.89. The van der Waals surface area contributed by atoms with Crippen molar-refractivity contribution in [2.24, 2.45) is 5.92 Å². The van der Waals surface area contributed by atoms with Crippen LogP contribution in [0.25, 0.3) is 0 Å². The molecule has 4 rings (SSSR count). The molecule has 3 amide bonds. The van der Waals surface area contributed by atoms with Crippen LogP contribution in [0, 0.1) is 11.7 Å². The van der Waals surface area contributed by atoms with Gasteiger partial charge in [-0.15, -0.1) is 0 Å². The Morgan fingerprint density at radius 1 is 1.10 bits per heavy atom. The molecule has 3 aromatic rings. The topological polar surface area (TPSA) is 128 Å². The van der Waals surface area contributed by atoms with Crippen molar-refractivity contribution < 1.29 is 32.2 Å². The maximum absolute atomic E-state index is 13.6. The molecule has 3 aromatic carbocycles. The van der Waals surface area contributed by atoms with Crippen molar-refractivity contribution in [2.75, 3.05) is 37.4 Å². The number of aliphatic hydroxyl groups is 1. The summed E-state index contributed by atoms with van der Waals surface area (Å²) in [5.74, 6) is -1.26. The lowest BCUT2D eigenvalue weighted by atomic mass is 9.99. The number of nitrogens with one attached hydrogen (secondary N) is 2. The number of hydrogen-bond acceptors (Lipinski definition) is 6. The molecule has 41 heavy (non-hydrogen) atoms. The van der Waals surface area contributed by atoms with Gasteiger partial charge in [0.2, 0.25) is 10.0 Å². The zero-order valence-electron chi connectivity index (χ0n) is 23.0. The quantitative estimate of drug-likeness (QED) is 0.367. The summed E-state index contributed by atoms with van der Waals surface area (Å²) in [4.78, 5) is 27.9. The lowest BCUT2D eigenvalue weighted by molar-refractivity contribution is 0.0389. The lowest BCUT2D eigenvalue weighted by Crippen LogP contribution is -2.50. The molecular weight excluding hydrogens is 551 g/mol. The molecule has 0 bridgehead atoms. The van der Waals surface area contributed by atoms with E-state index >= 15 is 0 Å². The molecule has 0 aromatic heterocycles. The predicted octanol–water partition coefficient (Wildman–Crippen LogP) is 4.01. The molecule has 3 N–H and O–H groups in total. The number of rotatable bonds is 8. The van der Waals surface area contributed by atoms with Gasteiger partial charge in [0.15, 0.2) is 5.75 Å². The van der Waals surface area contributed by atoms with Crippen LogP contribution in [0.1, 0.15) is 24.2 Å². The molecular formula is C29H33FN4O6S. The van der Waals surface area contributed by atoms with Gasteiger partial charge in [0.25, 0.3) is 5.91 Å². The minimum absolute atomic E-state index is 0.0778. The molecule has 12 heteroatoms. The highest BCUT2D eigenvalue weighted by Crippen LogP contribution is 2.35. The maximum atomic E-state index is 13.6. The van der Waals surface area contributed by atoms with Crippen molar-refractivity contribution in [3.8, 4) is 5.75 Å². The molecule has 10 nitrogen and oxygen atoms in total. The van der Waals surface area contributed by atoms with Crippen LogP contribution in [0.5, 0.6) is 5.75 Å². The normalized spacial score (nSPS) is 18.1. The van der Waals surface area contributed by atoms with E-state index in [1.807, 2.05) is 13.0 Å². The number of halogens is 1. The standard InChI is InChI=1S/C29H33FN4O6S/c1-19-16-34(20(2)18-35)28(36)24-10-7-11-25(32-29(37)31-22-8-5-4-6-9-22)27(24)40-26(19)17-33(3)41(38,39)23-14-12-21(30)13-15-23/h4-15,19-20,26,35H,16-18H2,1-3H3,(H2,31,32,37)/t19-,20-,26+/m1/s1. The summed E-state index contributed by atoms with van der Waals surface area (Å²) in [5, 5.41) is 15.3. The Morgan fingerprint density at radius 3 is 2.44 bits per heavy atom. The predicted molar refractivity (Wildman–Crippen MR) is 153 cm³/mol. The first-order valence-electron chi connectivity index (χ1n) is 13.1. The highest BCUT2D eigenvalue weighted by atomic mass is 32.2. The average molecular weight is 585 g/mol. The molecule has 1 heterocycles. The number of fused-ring (bicyclic) bond motifs is 1. The third-order valence-corrected chi connectivity index (χ3v) is 8.77. The zero-order valence-corrected chi connectivity index (χ0v) is 23.8. The van der Waals surface area contributed by atoms with Crippen LogP contribution in [0.15, 0.2) is 77.7 Å². The molecule has 0 saturated heterocycles. The van der Waals surface area contributed by atoms with Gasteiger partial charge in [0.1, 0.15) is 11.9 Å². The number of hydrogen-bond donors (Lipinski definition) is 3. The van der Waals surface area contributed by atoms with Gasteiger partial charge in [-0.2, -0.15) is 4.31 Å². The van der Waals surface area contributed by atoms with E-state index in [0.29, 0.717) is 5.69 Å². The Kier molecular flexibility index (Phi) is 9.26. The van der Waals surface area contributed by atoms with Crippen molar-refractivity contribution in [3.05, 3.63) is 84.2 Å². The van der Waals surface area contributed by atoms with Crippen LogP contribution < -0.4 is 15.4 Å². The van der Waals surface area contributed by atoms with Gasteiger partial charge in [0.05, 0.1) is 35.3 Å². The van der Waals surface area contributed by atoms with Gasteiger partial charge < -0.3 is 25.4 Å². The number of amides is 3. The van der Waals surface area contributed by atoms with Crippen molar-refractivity contribution in [3.63, 3.8) is 0 Å². The number of anilines is 2. The monoisotopic (exact) mass is 584 g/mol. The van der Waals surface area contributed by atoms with E-state index in [2.05, 4.69) is 10.6 Å². The van der Waals surface area contributed by atoms with E-state index in [1.54, 1.807) is 49.4 Å². The van der Waals surface area contributed by atoms with E-state index in [0.717, 1.165) is 16.4 Å². The smallest absolute Gasteiger partial charge is 0.323 e. The fourth-order valence-corrected chi connectivity index (χ4v) is 5.69. The number of carbonyl (C=O) groups is 2. The molecule has 3 atom stereocenters. The molecule has 0 aliphatic carbocycles. The summed E-state index contributed by atoms with van der Waals surface area (Å²) in [6.45, 7) is 3.32. The summed E-state index contributed by atoms with van der Waals surface area (Å²) < 4.78 is 47.4. The lowest BCUT2D eigenvalue weighted by Gasteiger charge is -2.38. The van der Waals surface area contributed by atoms with E-state index in [9.17, 15) is 27.5 Å². The van der Waals surface area contributed by atoms with Gasteiger partial charge in [0, 0.05) is 25.2 Å². The van der Waals surface area contributed by atoms with Crippen molar-refractivity contribution >= 4 is 33.3 Å². The first-order chi connectivity index (χ1) is 19.5. The molecule has 0 radical (unpaired) electrons. The first kappa shape index (κ1) is 30.0. The van der Waals surface area contributed by atoms with Crippen molar-refractivity contribution in [1.29, 1.82) is 0 Å². The minimum atomic E-state index is -4.00. The van der Waals surface area contributed by atoms with E-state index in [1.165, 1.54) is 24.1 Å². The van der Waals surface area contributed by atoms with Crippen LogP contribution >= 0.6 is 0 Å². The summed E-state index contributed by atoms with van der Waals surface area (Å²) in [7, 11) is -2.61. The van der Waals surface area contributed by atoms with Crippen LogP contribution in [0.2, 0.25) is 0 Å². The van der Waals surface area contributed by atoms with E-state index in [4.69, 9.17) is 4.74 Å². The minimum Gasteiger partial charge on any atom is -0.486 e. The number of nitrogens with zero attached hydrogens (tertiary/aromatic N) is 2. The Labute approximate surface area is 238 Å². The second kappa shape index (κ2) is 12.7. The molecule has 0 spiro atoms. The summed E-state index contributed by atoms with van der Waals surface area (Å²) in [5.41, 5.74) is 0.927. The fourth-order valence-electron chi connectivity index (χ4n) is 4.50. The third kappa shape index (κ3) is 6.84. The van der Waals surface area contributed by atoms with Crippen LogP contribution in [-0.2, 0) is 10.0 Å². The second-order valence-electron chi connectivity index (χ2n) is 9.99. The van der Waals surface area contributed by atoms with Crippen molar-refractivity contribution in [2.45, 2.75) is 30.9 Å². The van der Waals surface area contributed by atoms with Gasteiger partial charge in [-0.25, -0.2) is 17.6 Å². The summed E-state index contributed by atoms with van der Waals surface area (Å²) in [6.07, 6.45) is -0.768. The SMILES string of the molecule is C[C@@H]1CN([C@H](C)CO)C(=O)c2cccc(NC(=O)Nc3ccccc3)c2O[C@H]1CN(C)S(=O)(=O)c1ccc(F)cc1. The zero-order chi connectivity index (χ0) is 29.7. The van der Waals surface area contributed by atoms with Crippen molar-refractivity contribution in [1.82, 2.24) is 9.21 Å². The van der Waals surface area contributed by atoms with Crippen LogP contribution in [0.3, 0.4) is 0 Å². The molecule has 0 unspecified atom stereocenters. The molecule has 1 aliphatic heterocycles. The molecule has 1 aliphatic rings. The third-order valence-electron chi connectivity index (χ3n) is 6.93. The fraction of sp³-hybridized carbons (Fsp3) is 0.310. The maximum Gasteiger partial charge on any atom is 0.323 e. The highest BCUT2D eigenvalue weighted by Gasteiger charge is 2.36. The summed E-state index contributed by atoms with van der Waals surface area (Å²) in [6, 6.07) is 17.0. The van der Waals surface area contributed by atoms with Gasteiger partial charge >= 0.3 is 6.03 Å². The number of likely N-dealkylation sites (N-methyl/N-ethyl adjacent to an activating group) is 1. The van der Waals surface area contributed by atoms with Crippen LogP contribution in [0.4, 0.5) is 20.6 Å². The number of carbonyl (C=O) groups excluding carboxylic acids is 2. The Morgan fingerprint density at radius 2 is 1.78 bits per heavy atom. The Hall–Kier alpha value is -4.00. The number of ether oxygens (including phenoxy) is 1. The number of urea groups is 1. The Balaban J connectivity index is 1.68. The molecule has 0 saturated carbocycles. The number of aliphatic hydroxyl groups excluding tert-OH is 1.